The number of carbonyl (C=O) groups is 1. The van der Waals surface area contributed by atoms with Crippen LogP contribution >= 0.6 is 15.9 Å². The molecular formula is C14H17BrO2. The van der Waals surface area contributed by atoms with Crippen molar-refractivity contribution in [1.29, 1.82) is 0 Å². The number of benzene rings is 1. The fraction of sp³-hybridized carbons (Fsp3) is 0.500. The molecule has 1 N–H and O–H groups in total. The van der Waals surface area contributed by atoms with Crippen LogP contribution in [0, 0.1) is 18.8 Å². The van der Waals surface area contributed by atoms with Crippen molar-refractivity contribution < 1.29 is 9.90 Å². The Kier molecular flexibility index (Phi) is 3.57. The highest BCUT2D eigenvalue weighted by Crippen LogP contribution is 2.45. The van der Waals surface area contributed by atoms with Crippen LogP contribution in [0.1, 0.15) is 36.8 Å². The van der Waals surface area contributed by atoms with E-state index in [1.54, 1.807) is 0 Å². The zero-order valence-corrected chi connectivity index (χ0v) is 11.7. The Labute approximate surface area is 110 Å². The Morgan fingerprint density at radius 3 is 2.82 bits per heavy atom. The Bertz CT molecular complexity index is 442. The topological polar surface area (TPSA) is 37.3 Å². The van der Waals surface area contributed by atoms with Gasteiger partial charge in [-0.05, 0) is 48.8 Å². The van der Waals surface area contributed by atoms with Crippen molar-refractivity contribution in [3.8, 4) is 0 Å². The molecule has 3 unspecified atom stereocenters. The summed E-state index contributed by atoms with van der Waals surface area (Å²) in [5.41, 5.74) is 2.52. The summed E-state index contributed by atoms with van der Waals surface area (Å²) in [6, 6.07) is 6.37. The molecule has 1 aromatic carbocycles. The van der Waals surface area contributed by atoms with Crippen LogP contribution in [0.3, 0.4) is 0 Å². The van der Waals surface area contributed by atoms with Crippen LogP contribution in [0.5, 0.6) is 0 Å². The van der Waals surface area contributed by atoms with E-state index in [2.05, 4.69) is 48.0 Å². The molecule has 17 heavy (non-hydrogen) atoms. The van der Waals surface area contributed by atoms with Crippen LogP contribution in [0.2, 0.25) is 0 Å². The van der Waals surface area contributed by atoms with Crippen molar-refractivity contribution in [2.45, 2.75) is 32.6 Å². The second-order valence-corrected chi connectivity index (χ2v) is 5.96. The summed E-state index contributed by atoms with van der Waals surface area (Å²) in [6.45, 7) is 4.24. The van der Waals surface area contributed by atoms with Crippen molar-refractivity contribution in [3.05, 3.63) is 33.8 Å². The molecule has 1 saturated carbocycles. The average molecular weight is 297 g/mol. The highest BCUT2D eigenvalue weighted by Gasteiger charge is 2.43. The summed E-state index contributed by atoms with van der Waals surface area (Å²) in [6.07, 6.45) is 1.82. The molecule has 3 atom stereocenters. The number of aryl methyl sites for hydroxylation is 1. The number of halogens is 1. The summed E-state index contributed by atoms with van der Waals surface area (Å²) in [7, 11) is 0. The van der Waals surface area contributed by atoms with Crippen LogP contribution < -0.4 is 0 Å². The molecule has 0 spiro atoms. The fourth-order valence-corrected chi connectivity index (χ4v) is 3.31. The van der Waals surface area contributed by atoms with E-state index in [9.17, 15) is 4.79 Å². The molecule has 0 amide bonds. The maximum absolute atomic E-state index is 10.8. The zero-order chi connectivity index (χ0) is 12.6. The highest BCUT2D eigenvalue weighted by molar-refractivity contribution is 9.10. The molecular weight excluding hydrogens is 280 g/mol. The zero-order valence-electron chi connectivity index (χ0n) is 10.1. The van der Waals surface area contributed by atoms with Gasteiger partial charge in [0, 0.05) is 4.47 Å². The molecule has 1 fully saturated rings. The molecule has 3 heteroatoms. The van der Waals surface area contributed by atoms with Crippen LogP contribution in [-0.2, 0) is 4.79 Å². The minimum Gasteiger partial charge on any atom is -0.481 e. The molecule has 0 aliphatic heterocycles. The van der Waals surface area contributed by atoms with E-state index < -0.39 is 5.97 Å². The van der Waals surface area contributed by atoms with Crippen molar-refractivity contribution >= 4 is 21.9 Å². The number of rotatable bonds is 4. The van der Waals surface area contributed by atoms with Crippen LogP contribution in [0.25, 0.3) is 0 Å². The van der Waals surface area contributed by atoms with Gasteiger partial charge in [-0.2, -0.15) is 0 Å². The molecule has 2 rings (SSSR count). The summed E-state index contributed by atoms with van der Waals surface area (Å²) < 4.78 is 1.14. The van der Waals surface area contributed by atoms with E-state index >= 15 is 0 Å². The molecule has 0 aromatic heterocycles. The maximum atomic E-state index is 10.8. The van der Waals surface area contributed by atoms with Gasteiger partial charge in [-0.15, -0.1) is 0 Å². The molecule has 1 aliphatic rings. The smallest absolute Gasteiger partial charge is 0.306 e. The van der Waals surface area contributed by atoms with Gasteiger partial charge in [0.15, 0.2) is 0 Å². The van der Waals surface area contributed by atoms with Gasteiger partial charge in [0.1, 0.15) is 0 Å². The number of hydrogen-bond donors (Lipinski definition) is 1. The first-order valence-electron chi connectivity index (χ1n) is 5.98. The lowest BCUT2D eigenvalue weighted by Gasteiger charge is -2.14. The van der Waals surface area contributed by atoms with Gasteiger partial charge < -0.3 is 5.11 Å². The van der Waals surface area contributed by atoms with Gasteiger partial charge in [-0.25, -0.2) is 0 Å². The third-order valence-corrected chi connectivity index (χ3v) is 4.27. The predicted molar refractivity (Wildman–Crippen MR) is 71.1 cm³/mol. The number of carboxylic acid groups (broad SMARTS) is 1. The molecule has 1 aliphatic carbocycles. The first kappa shape index (κ1) is 12.6. The standard InChI is InChI=1S/C14H17BrO2/c1-8-3-4-11(13(15)5-8)9(2)6-10-7-12(10)14(16)17/h3-5,9-10,12H,6-7H2,1-2H3,(H,16,17). The average Bonchev–Trinajstić information content (AvgIpc) is 2.96. The number of carboxylic acids is 1. The SMILES string of the molecule is Cc1ccc(C(C)CC2CC2C(=O)O)c(Br)c1. The molecule has 0 radical (unpaired) electrons. The van der Waals surface area contributed by atoms with Gasteiger partial charge in [0.25, 0.3) is 0 Å². The Morgan fingerprint density at radius 1 is 1.59 bits per heavy atom. The van der Waals surface area contributed by atoms with Crippen molar-refractivity contribution in [3.63, 3.8) is 0 Å². The Balaban J connectivity index is 2.01. The Morgan fingerprint density at radius 2 is 2.29 bits per heavy atom. The molecule has 0 bridgehead atoms. The van der Waals surface area contributed by atoms with Crippen molar-refractivity contribution in [2.75, 3.05) is 0 Å². The maximum Gasteiger partial charge on any atom is 0.306 e. The second-order valence-electron chi connectivity index (χ2n) is 5.10. The van der Waals surface area contributed by atoms with E-state index in [1.807, 2.05) is 0 Å². The minimum atomic E-state index is -0.634. The van der Waals surface area contributed by atoms with E-state index in [0.717, 1.165) is 17.3 Å². The third-order valence-electron chi connectivity index (χ3n) is 3.58. The summed E-state index contributed by atoms with van der Waals surface area (Å²) in [5, 5.41) is 8.89. The third kappa shape index (κ3) is 2.89. The molecule has 92 valence electrons. The highest BCUT2D eigenvalue weighted by atomic mass is 79.9. The Hall–Kier alpha value is -0.830. The van der Waals surface area contributed by atoms with Gasteiger partial charge in [-0.1, -0.05) is 35.0 Å². The van der Waals surface area contributed by atoms with Crippen molar-refractivity contribution in [2.24, 2.45) is 11.8 Å². The lowest BCUT2D eigenvalue weighted by molar-refractivity contribution is -0.138. The largest absolute Gasteiger partial charge is 0.481 e. The molecule has 1 aromatic rings. The number of hydrogen-bond acceptors (Lipinski definition) is 1. The summed E-state index contributed by atoms with van der Waals surface area (Å²) in [4.78, 5) is 10.8. The molecule has 2 nitrogen and oxygen atoms in total. The van der Waals surface area contributed by atoms with E-state index in [4.69, 9.17) is 5.11 Å². The normalized spacial score (nSPS) is 24.4. The predicted octanol–water partition coefficient (Wildman–Crippen LogP) is 3.97. The second kappa shape index (κ2) is 4.81. The van der Waals surface area contributed by atoms with Gasteiger partial charge in [0.2, 0.25) is 0 Å². The minimum absolute atomic E-state index is 0.0957. The van der Waals surface area contributed by atoms with Crippen LogP contribution in [0.15, 0.2) is 22.7 Å². The lowest BCUT2D eigenvalue weighted by Crippen LogP contribution is -2.02. The van der Waals surface area contributed by atoms with Crippen LogP contribution in [-0.4, -0.2) is 11.1 Å². The van der Waals surface area contributed by atoms with Gasteiger partial charge >= 0.3 is 5.97 Å². The van der Waals surface area contributed by atoms with Crippen molar-refractivity contribution in [1.82, 2.24) is 0 Å². The first-order valence-corrected chi connectivity index (χ1v) is 6.77. The summed E-state index contributed by atoms with van der Waals surface area (Å²) >= 11 is 3.59. The van der Waals surface area contributed by atoms with E-state index in [1.165, 1.54) is 11.1 Å². The molecule has 0 saturated heterocycles. The monoisotopic (exact) mass is 296 g/mol. The van der Waals surface area contributed by atoms with E-state index in [-0.39, 0.29) is 5.92 Å². The summed E-state index contributed by atoms with van der Waals surface area (Å²) in [5.74, 6) is 0.0573. The van der Waals surface area contributed by atoms with Crippen LogP contribution in [0.4, 0.5) is 0 Å². The fourth-order valence-electron chi connectivity index (χ4n) is 2.42. The lowest BCUT2D eigenvalue weighted by atomic mass is 9.94. The first-order chi connectivity index (χ1) is 7.99. The molecule has 0 heterocycles. The van der Waals surface area contributed by atoms with E-state index in [0.29, 0.717) is 11.8 Å². The number of aliphatic carboxylic acids is 1. The van der Waals surface area contributed by atoms with Gasteiger partial charge in [-0.3, -0.25) is 4.79 Å². The quantitative estimate of drug-likeness (QED) is 0.913. The van der Waals surface area contributed by atoms with Gasteiger partial charge in [0.05, 0.1) is 5.92 Å².